The lowest BCUT2D eigenvalue weighted by molar-refractivity contribution is -0.137. The second-order valence-corrected chi connectivity index (χ2v) is 4.09. The van der Waals surface area contributed by atoms with Crippen molar-refractivity contribution in [1.29, 1.82) is 0 Å². The van der Waals surface area contributed by atoms with E-state index >= 15 is 0 Å². The third-order valence-electron chi connectivity index (χ3n) is 2.85. The van der Waals surface area contributed by atoms with Crippen LogP contribution in [-0.2, 0) is 19.1 Å². The van der Waals surface area contributed by atoms with E-state index in [2.05, 4.69) is 6.58 Å². The number of imide groups is 1. The van der Waals surface area contributed by atoms with Crippen LogP contribution < -0.4 is 0 Å². The van der Waals surface area contributed by atoms with Gasteiger partial charge in [-0.25, -0.2) is 0 Å². The summed E-state index contributed by atoms with van der Waals surface area (Å²) in [6, 6.07) is 0. The van der Waals surface area contributed by atoms with Crippen LogP contribution in [-0.4, -0.2) is 53.8 Å². The Hall–Kier alpha value is -2.21. The fraction of sp³-hybridized carbons (Fsp3) is 0.308. The Kier molecular flexibility index (Phi) is 3.91. The molecule has 6 heteroatoms. The average Bonchev–Trinajstić information content (AvgIpc) is 2.86. The van der Waals surface area contributed by atoms with Gasteiger partial charge in [-0.15, -0.1) is 0 Å². The van der Waals surface area contributed by atoms with Crippen molar-refractivity contribution in [2.45, 2.75) is 0 Å². The van der Waals surface area contributed by atoms with Gasteiger partial charge in [-0.3, -0.25) is 19.3 Å². The maximum absolute atomic E-state index is 11.4. The third-order valence-corrected chi connectivity index (χ3v) is 2.85. The molecule has 0 saturated carbocycles. The molecule has 0 spiro atoms. The average molecular weight is 262 g/mol. The van der Waals surface area contributed by atoms with E-state index in [0.29, 0.717) is 18.8 Å². The lowest BCUT2D eigenvalue weighted by Gasteiger charge is -2.18. The molecule has 0 unspecified atom stereocenters. The fourth-order valence-electron chi connectivity index (χ4n) is 1.81. The van der Waals surface area contributed by atoms with Gasteiger partial charge in [-0.05, 0) is 6.08 Å². The molecular weight excluding hydrogens is 248 g/mol. The van der Waals surface area contributed by atoms with Gasteiger partial charge in [0, 0.05) is 30.5 Å². The van der Waals surface area contributed by atoms with Gasteiger partial charge >= 0.3 is 0 Å². The van der Waals surface area contributed by atoms with E-state index in [4.69, 9.17) is 4.74 Å². The van der Waals surface area contributed by atoms with Crippen LogP contribution in [0.3, 0.4) is 0 Å². The van der Waals surface area contributed by atoms with E-state index in [0.717, 1.165) is 4.90 Å². The summed E-state index contributed by atoms with van der Waals surface area (Å²) < 4.78 is 5.31. The number of hydrogen-bond donors (Lipinski definition) is 0. The molecule has 3 amide bonds. The predicted molar refractivity (Wildman–Crippen MR) is 66.7 cm³/mol. The van der Waals surface area contributed by atoms with Crippen LogP contribution in [0.15, 0.2) is 36.6 Å². The Morgan fingerprint density at radius 2 is 1.32 bits per heavy atom. The van der Waals surface area contributed by atoms with E-state index < -0.39 is 0 Å². The molecule has 2 rings (SSSR count). The van der Waals surface area contributed by atoms with E-state index in [1.807, 2.05) is 0 Å². The molecule has 0 aromatic carbocycles. The van der Waals surface area contributed by atoms with Crippen molar-refractivity contribution in [2.75, 3.05) is 26.3 Å². The SMILES string of the molecule is C=C1C=CC(=O)N1CCOCCN1C(=O)C=CC1=O. The summed E-state index contributed by atoms with van der Waals surface area (Å²) in [4.78, 5) is 36.4. The molecule has 0 N–H and O–H groups in total. The van der Waals surface area contributed by atoms with Gasteiger partial charge in [0.25, 0.3) is 17.7 Å². The Balaban J connectivity index is 1.63. The Morgan fingerprint density at radius 3 is 1.84 bits per heavy atom. The highest BCUT2D eigenvalue weighted by atomic mass is 16.5. The van der Waals surface area contributed by atoms with Crippen molar-refractivity contribution in [3.63, 3.8) is 0 Å². The summed E-state index contributed by atoms with van der Waals surface area (Å²) >= 11 is 0. The minimum Gasteiger partial charge on any atom is -0.378 e. The summed E-state index contributed by atoms with van der Waals surface area (Å²) in [7, 11) is 0. The molecule has 0 aromatic rings. The largest absolute Gasteiger partial charge is 0.378 e. The highest BCUT2D eigenvalue weighted by Gasteiger charge is 2.22. The van der Waals surface area contributed by atoms with Gasteiger partial charge in [0.05, 0.1) is 19.8 Å². The number of hydrogen-bond acceptors (Lipinski definition) is 4. The lowest BCUT2D eigenvalue weighted by Crippen LogP contribution is -2.34. The number of rotatable bonds is 6. The van der Waals surface area contributed by atoms with Crippen molar-refractivity contribution in [3.05, 3.63) is 36.6 Å². The first-order valence-corrected chi connectivity index (χ1v) is 5.89. The summed E-state index contributed by atoms with van der Waals surface area (Å²) in [5, 5.41) is 0. The van der Waals surface area contributed by atoms with Gasteiger partial charge in [0.15, 0.2) is 0 Å². The van der Waals surface area contributed by atoms with Gasteiger partial charge in [0.2, 0.25) is 0 Å². The van der Waals surface area contributed by atoms with Crippen molar-refractivity contribution in [3.8, 4) is 0 Å². The van der Waals surface area contributed by atoms with Crippen molar-refractivity contribution >= 4 is 17.7 Å². The molecule has 100 valence electrons. The topological polar surface area (TPSA) is 66.9 Å². The van der Waals surface area contributed by atoms with E-state index in [1.54, 1.807) is 6.08 Å². The van der Waals surface area contributed by atoms with Gasteiger partial charge in [-0.1, -0.05) is 6.58 Å². The van der Waals surface area contributed by atoms with E-state index in [-0.39, 0.29) is 30.9 Å². The highest BCUT2D eigenvalue weighted by molar-refractivity contribution is 6.12. The van der Waals surface area contributed by atoms with Crippen molar-refractivity contribution < 1.29 is 19.1 Å². The number of carbonyl (C=O) groups excluding carboxylic acids is 3. The van der Waals surface area contributed by atoms with E-state index in [1.165, 1.54) is 23.1 Å². The van der Waals surface area contributed by atoms with Gasteiger partial charge < -0.3 is 9.64 Å². The summed E-state index contributed by atoms with van der Waals surface area (Å²) in [5.41, 5.74) is 0.641. The molecular formula is C13H14N2O4. The molecule has 2 heterocycles. The minimum atomic E-state index is -0.319. The summed E-state index contributed by atoms with van der Waals surface area (Å²) in [5.74, 6) is -0.746. The van der Waals surface area contributed by atoms with Crippen LogP contribution in [0.25, 0.3) is 0 Å². The zero-order valence-corrected chi connectivity index (χ0v) is 10.4. The zero-order valence-electron chi connectivity index (χ0n) is 10.4. The van der Waals surface area contributed by atoms with Crippen molar-refractivity contribution in [1.82, 2.24) is 9.80 Å². The minimum absolute atomic E-state index is 0.109. The summed E-state index contributed by atoms with van der Waals surface area (Å²) in [6.07, 6.45) is 5.58. The first-order valence-electron chi connectivity index (χ1n) is 5.89. The number of ether oxygens (including phenoxy) is 1. The quantitative estimate of drug-likeness (QED) is 0.493. The van der Waals surface area contributed by atoms with Crippen LogP contribution in [0.5, 0.6) is 0 Å². The second kappa shape index (κ2) is 5.62. The molecule has 2 aliphatic rings. The van der Waals surface area contributed by atoms with Gasteiger partial charge in [0.1, 0.15) is 0 Å². The lowest BCUT2D eigenvalue weighted by atomic mass is 10.4. The smallest absolute Gasteiger partial charge is 0.253 e. The first-order chi connectivity index (χ1) is 9.09. The number of nitrogens with zero attached hydrogens (tertiary/aromatic N) is 2. The molecule has 0 aromatic heterocycles. The van der Waals surface area contributed by atoms with Gasteiger partial charge in [-0.2, -0.15) is 0 Å². The second-order valence-electron chi connectivity index (χ2n) is 4.09. The molecule has 0 aliphatic carbocycles. The molecule has 0 saturated heterocycles. The Labute approximate surface area is 110 Å². The molecule has 6 nitrogen and oxygen atoms in total. The van der Waals surface area contributed by atoms with Crippen molar-refractivity contribution in [2.24, 2.45) is 0 Å². The van der Waals surface area contributed by atoms with Crippen LogP contribution in [0.2, 0.25) is 0 Å². The normalized spacial score (nSPS) is 18.3. The van der Waals surface area contributed by atoms with Crippen LogP contribution in [0.4, 0.5) is 0 Å². The molecule has 0 bridgehead atoms. The molecule has 0 fully saturated rings. The van der Waals surface area contributed by atoms with E-state index in [9.17, 15) is 14.4 Å². The maximum atomic E-state index is 11.4. The van der Waals surface area contributed by atoms with Crippen LogP contribution in [0.1, 0.15) is 0 Å². The standard InChI is InChI=1S/C13H14N2O4/c1-10-2-3-11(16)14(10)6-8-19-9-7-15-12(17)4-5-13(15)18/h2-5H,1,6-9H2. The first kappa shape index (κ1) is 13.2. The molecule has 0 radical (unpaired) electrons. The Morgan fingerprint density at radius 1 is 0.842 bits per heavy atom. The fourth-order valence-corrected chi connectivity index (χ4v) is 1.81. The molecule has 0 atom stereocenters. The zero-order chi connectivity index (χ0) is 13.8. The summed E-state index contributed by atoms with van der Waals surface area (Å²) in [6.45, 7) is 4.93. The monoisotopic (exact) mass is 262 g/mol. The molecule has 2 aliphatic heterocycles. The maximum Gasteiger partial charge on any atom is 0.253 e. The number of carbonyl (C=O) groups is 3. The Bertz CT molecular complexity index is 413. The number of allylic oxidation sites excluding steroid dienone is 1. The molecule has 19 heavy (non-hydrogen) atoms. The van der Waals surface area contributed by atoms with Crippen LogP contribution >= 0.6 is 0 Å². The predicted octanol–water partition coefficient (Wildman–Crippen LogP) is -0.160. The highest BCUT2D eigenvalue weighted by Crippen LogP contribution is 2.11. The number of amides is 3. The van der Waals surface area contributed by atoms with Crippen LogP contribution in [0, 0.1) is 0 Å². The third kappa shape index (κ3) is 2.97.